The van der Waals surface area contributed by atoms with Crippen molar-refractivity contribution in [2.24, 2.45) is 5.41 Å². The van der Waals surface area contributed by atoms with Gasteiger partial charge < -0.3 is 9.84 Å². The fraction of sp³-hybridized carbons (Fsp3) is 0.571. The van der Waals surface area contributed by atoms with Crippen molar-refractivity contribution in [1.82, 2.24) is 0 Å². The fourth-order valence-electron chi connectivity index (χ4n) is 2.70. The van der Waals surface area contributed by atoms with Gasteiger partial charge in [-0.15, -0.1) is 0 Å². The molecule has 1 aromatic carbocycles. The SMILES string of the molecule is COc1cc(C2CC(O)C2(C)C)ccc1S(=O)(=O)C(F)F. The van der Waals surface area contributed by atoms with Gasteiger partial charge in [0.25, 0.3) is 0 Å². The second-order valence-electron chi connectivity index (χ2n) is 5.84. The number of benzene rings is 1. The molecule has 118 valence electrons. The van der Waals surface area contributed by atoms with Crippen molar-refractivity contribution >= 4 is 9.84 Å². The molecule has 2 rings (SSSR count). The van der Waals surface area contributed by atoms with Crippen molar-refractivity contribution in [1.29, 1.82) is 0 Å². The summed E-state index contributed by atoms with van der Waals surface area (Å²) < 4.78 is 53.4. The topological polar surface area (TPSA) is 63.6 Å². The molecule has 0 aliphatic heterocycles. The summed E-state index contributed by atoms with van der Waals surface area (Å²) in [6.07, 6.45) is 0.120. The van der Waals surface area contributed by atoms with E-state index in [-0.39, 0.29) is 17.1 Å². The van der Waals surface area contributed by atoms with Gasteiger partial charge in [0.15, 0.2) is 0 Å². The first-order chi connectivity index (χ1) is 9.62. The maximum Gasteiger partial charge on any atom is 0.341 e. The summed E-state index contributed by atoms with van der Waals surface area (Å²) in [4.78, 5) is -0.513. The number of ether oxygens (including phenoxy) is 1. The Hall–Kier alpha value is -1.21. The lowest BCUT2D eigenvalue weighted by Gasteiger charge is -2.49. The first-order valence-corrected chi connectivity index (χ1v) is 8.05. The van der Waals surface area contributed by atoms with Gasteiger partial charge in [0, 0.05) is 0 Å². The van der Waals surface area contributed by atoms with E-state index < -0.39 is 26.6 Å². The number of methoxy groups -OCH3 is 1. The van der Waals surface area contributed by atoms with Gasteiger partial charge in [0.2, 0.25) is 9.84 Å². The van der Waals surface area contributed by atoms with Crippen LogP contribution in [0.25, 0.3) is 0 Å². The van der Waals surface area contributed by atoms with Crippen molar-refractivity contribution < 1.29 is 27.0 Å². The van der Waals surface area contributed by atoms with E-state index in [0.717, 1.165) is 11.6 Å². The van der Waals surface area contributed by atoms with Gasteiger partial charge in [-0.3, -0.25) is 0 Å². The van der Waals surface area contributed by atoms with E-state index in [1.165, 1.54) is 19.2 Å². The summed E-state index contributed by atoms with van der Waals surface area (Å²) in [5.41, 5.74) is 0.434. The van der Waals surface area contributed by atoms with Crippen LogP contribution < -0.4 is 4.74 Å². The lowest BCUT2D eigenvalue weighted by Crippen LogP contribution is -2.47. The highest BCUT2D eigenvalue weighted by molar-refractivity contribution is 7.91. The number of rotatable bonds is 4. The molecule has 0 amide bonds. The minimum Gasteiger partial charge on any atom is -0.495 e. The Labute approximate surface area is 122 Å². The molecule has 0 spiro atoms. The lowest BCUT2D eigenvalue weighted by atomic mass is 9.58. The molecular weight excluding hydrogens is 302 g/mol. The molecule has 1 aliphatic carbocycles. The Morgan fingerprint density at radius 1 is 1.38 bits per heavy atom. The number of aliphatic hydroxyl groups is 1. The van der Waals surface area contributed by atoms with Crippen LogP contribution in [0.3, 0.4) is 0 Å². The van der Waals surface area contributed by atoms with E-state index >= 15 is 0 Å². The molecule has 1 N–H and O–H groups in total. The summed E-state index contributed by atoms with van der Waals surface area (Å²) in [6.45, 7) is 3.81. The van der Waals surface area contributed by atoms with Crippen LogP contribution in [0.4, 0.5) is 8.78 Å². The normalized spacial score (nSPS) is 24.7. The Morgan fingerprint density at radius 3 is 2.43 bits per heavy atom. The number of sulfone groups is 1. The second-order valence-corrected chi connectivity index (χ2v) is 7.73. The Bertz CT molecular complexity index is 640. The van der Waals surface area contributed by atoms with Gasteiger partial charge in [-0.2, -0.15) is 8.78 Å². The Balaban J connectivity index is 2.43. The van der Waals surface area contributed by atoms with Gasteiger partial charge in [0.1, 0.15) is 10.6 Å². The van der Waals surface area contributed by atoms with Gasteiger partial charge in [-0.25, -0.2) is 8.42 Å². The predicted molar refractivity (Wildman–Crippen MR) is 73.3 cm³/mol. The summed E-state index contributed by atoms with van der Waals surface area (Å²) in [5.74, 6) is -3.55. The van der Waals surface area contributed by atoms with Crippen LogP contribution in [0.15, 0.2) is 23.1 Å². The van der Waals surface area contributed by atoms with Crippen LogP contribution in [0, 0.1) is 5.41 Å². The number of hydrogen-bond donors (Lipinski definition) is 1. The summed E-state index contributed by atoms with van der Waals surface area (Å²) in [5, 5.41) is 9.76. The summed E-state index contributed by atoms with van der Waals surface area (Å²) >= 11 is 0. The molecule has 2 atom stereocenters. The molecule has 0 radical (unpaired) electrons. The molecule has 4 nitrogen and oxygen atoms in total. The van der Waals surface area contributed by atoms with E-state index in [1.54, 1.807) is 0 Å². The average Bonchev–Trinajstić information content (AvgIpc) is 2.43. The number of aliphatic hydroxyl groups excluding tert-OH is 1. The largest absolute Gasteiger partial charge is 0.495 e. The van der Waals surface area contributed by atoms with Crippen molar-refractivity contribution in [3.05, 3.63) is 23.8 Å². The minimum atomic E-state index is -4.70. The second kappa shape index (κ2) is 5.21. The number of halogens is 2. The van der Waals surface area contributed by atoms with Crippen LogP contribution in [-0.4, -0.2) is 32.5 Å². The highest BCUT2D eigenvalue weighted by Gasteiger charge is 2.48. The molecule has 2 unspecified atom stereocenters. The molecule has 21 heavy (non-hydrogen) atoms. The van der Waals surface area contributed by atoms with Gasteiger partial charge >= 0.3 is 5.76 Å². The third-order valence-electron chi connectivity index (χ3n) is 4.35. The summed E-state index contributed by atoms with van der Waals surface area (Å²) in [7, 11) is -3.46. The average molecular weight is 320 g/mol. The minimum absolute atomic E-state index is 0.0321. The van der Waals surface area contributed by atoms with Crippen molar-refractivity contribution in [2.75, 3.05) is 7.11 Å². The molecule has 1 fully saturated rings. The van der Waals surface area contributed by atoms with E-state index in [1.807, 2.05) is 13.8 Å². The molecular formula is C14H18F2O4S. The monoisotopic (exact) mass is 320 g/mol. The smallest absolute Gasteiger partial charge is 0.341 e. The highest BCUT2D eigenvalue weighted by atomic mass is 32.2. The molecule has 1 aromatic rings. The molecule has 1 saturated carbocycles. The zero-order chi connectivity index (χ0) is 16.0. The van der Waals surface area contributed by atoms with Crippen LogP contribution in [-0.2, 0) is 9.84 Å². The molecule has 0 aromatic heterocycles. The van der Waals surface area contributed by atoms with Gasteiger partial charge in [-0.1, -0.05) is 19.9 Å². The Morgan fingerprint density at radius 2 is 2.00 bits per heavy atom. The van der Waals surface area contributed by atoms with Gasteiger partial charge in [0.05, 0.1) is 13.2 Å². The third-order valence-corrected chi connectivity index (χ3v) is 5.77. The molecule has 0 bridgehead atoms. The predicted octanol–water partition coefficient (Wildman–Crippen LogP) is 2.57. The van der Waals surface area contributed by atoms with Crippen molar-refractivity contribution in [3.63, 3.8) is 0 Å². The van der Waals surface area contributed by atoms with Crippen LogP contribution in [0.1, 0.15) is 31.7 Å². The highest BCUT2D eigenvalue weighted by Crippen LogP contribution is 2.53. The van der Waals surface area contributed by atoms with E-state index in [0.29, 0.717) is 6.42 Å². The molecule has 7 heteroatoms. The third kappa shape index (κ3) is 2.53. The fourth-order valence-corrected chi connectivity index (χ4v) is 3.57. The van der Waals surface area contributed by atoms with Crippen molar-refractivity contribution in [3.8, 4) is 5.75 Å². The maximum atomic E-state index is 12.6. The van der Waals surface area contributed by atoms with Crippen molar-refractivity contribution in [2.45, 2.75) is 42.9 Å². The zero-order valence-electron chi connectivity index (χ0n) is 12.0. The molecule has 0 heterocycles. The van der Waals surface area contributed by atoms with E-state index in [9.17, 15) is 22.3 Å². The standard InChI is InChI=1S/C14H18F2O4S/c1-14(2)9(7-12(14)17)8-4-5-11(10(6-8)20-3)21(18,19)13(15)16/h4-6,9,12-13,17H,7H2,1-3H3. The van der Waals surface area contributed by atoms with Gasteiger partial charge in [-0.05, 0) is 35.4 Å². The molecule has 1 aliphatic rings. The van der Waals surface area contributed by atoms with Crippen LogP contribution in [0.2, 0.25) is 0 Å². The Kier molecular flexibility index (Phi) is 4.01. The zero-order valence-corrected chi connectivity index (χ0v) is 12.8. The maximum absolute atomic E-state index is 12.6. The number of alkyl halides is 2. The first kappa shape index (κ1) is 16.2. The molecule has 0 saturated heterocycles. The first-order valence-electron chi connectivity index (χ1n) is 6.50. The lowest BCUT2D eigenvalue weighted by molar-refractivity contribution is -0.0626. The van der Waals surface area contributed by atoms with Crippen LogP contribution in [0.5, 0.6) is 5.75 Å². The summed E-state index contributed by atoms with van der Waals surface area (Å²) in [6, 6.07) is 4.13. The van der Waals surface area contributed by atoms with E-state index in [4.69, 9.17) is 4.74 Å². The van der Waals surface area contributed by atoms with Crippen LogP contribution >= 0.6 is 0 Å². The van der Waals surface area contributed by atoms with E-state index in [2.05, 4.69) is 0 Å². The number of hydrogen-bond acceptors (Lipinski definition) is 4. The quantitative estimate of drug-likeness (QED) is 0.926.